The number of anilines is 1. The molecule has 10 nitrogen and oxygen atoms in total. The van der Waals surface area contributed by atoms with E-state index in [1.54, 1.807) is 23.1 Å². The van der Waals surface area contributed by atoms with Crippen molar-refractivity contribution in [2.24, 2.45) is 0 Å². The van der Waals surface area contributed by atoms with Gasteiger partial charge in [0.05, 0.1) is 21.6 Å². The number of para-hydroxylation sites is 1. The molecule has 0 saturated carbocycles. The molecule has 46 heavy (non-hydrogen) atoms. The highest BCUT2D eigenvalue weighted by Crippen LogP contribution is 2.29. The Hall–Kier alpha value is -4.35. The molecule has 1 aromatic heterocycles. The van der Waals surface area contributed by atoms with Crippen molar-refractivity contribution < 1.29 is 49.0 Å². The third-order valence-electron chi connectivity index (χ3n) is 6.76. The number of hydrogen-bond donors (Lipinski definition) is 1. The van der Waals surface area contributed by atoms with Crippen LogP contribution in [-0.2, 0) is 21.4 Å². The van der Waals surface area contributed by atoms with E-state index in [9.17, 15) is 39.6 Å². The molecule has 18 heteroatoms. The van der Waals surface area contributed by atoms with Crippen LogP contribution in [-0.4, -0.2) is 67.0 Å². The van der Waals surface area contributed by atoms with Crippen molar-refractivity contribution in [2.75, 3.05) is 24.5 Å². The molecule has 4 aromatic rings. The largest absolute Gasteiger partial charge is 0.573 e. The van der Waals surface area contributed by atoms with Gasteiger partial charge in [0.15, 0.2) is 0 Å². The van der Waals surface area contributed by atoms with E-state index in [4.69, 9.17) is 11.6 Å². The second-order valence-corrected chi connectivity index (χ2v) is 12.1. The first-order valence-electron chi connectivity index (χ1n) is 13.3. The summed E-state index contributed by atoms with van der Waals surface area (Å²) in [5.41, 5.74) is 1.29. The summed E-state index contributed by atoms with van der Waals surface area (Å²) in [6.45, 7) is -0.521. The molecule has 1 aliphatic heterocycles. The minimum atomic E-state index is -4.98. The van der Waals surface area contributed by atoms with E-state index >= 15 is 0 Å². The highest BCUT2D eigenvalue weighted by atomic mass is 35.5. The van der Waals surface area contributed by atoms with Crippen LogP contribution in [0.2, 0.25) is 5.02 Å². The van der Waals surface area contributed by atoms with Gasteiger partial charge >= 0.3 is 12.7 Å². The molecule has 1 fully saturated rings. The number of rotatable bonds is 8. The lowest BCUT2D eigenvalue weighted by molar-refractivity contribution is -0.275. The Morgan fingerprint density at radius 1 is 0.913 bits per heavy atom. The monoisotopic (exact) mass is 689 g/mol. The first-order valence-corrected chi connectivity index (χ1v) is 15.1. The number of fused-ring (bicyclic) bond motifs is 1. The first-order chi connectivity index (χ1) is 21.6. The van der Waals surface area contributed by atoms with Crippen molar-refractivity contribution in [1.82, 2.24) is 19.6 Å². The van der Waals surface area contributed by atoms with Gasteiger partial charge in [-0.3, -0.25) is 4.79 Å². The number of carbonyl (C=O) groups excluding carboxylic acids is 1. The van der Waals surface area contributed by atoms with E-state index in [-0.39, 0.29) is 31.1 Å². The standard InChI is InChI=1S/C28H22ClF6N5O5S/c29-21-2-1-3-22-25(21)36-15-24(38-22)39-12-13-40(46(42,43)20-10-8-19(9-11-20)45-28(33,34)35)23(16-39)26(41)37-14-17-4-6-18(7-5-17)44-27(30,31)32/h1-11,15,23H,12-14,16H2,(H,37,41)/t23-/m1/s1. The maximum Gasteiger partial charge on any atom is 0.573 e. The van der Waals surface area contributed by atoms with Crippen molar-refractivity contribution in [3.05, 3.63) is 83.5 Å². The van der Waals surface area contributed by atoms with E-state index in [0.29, 0.717) is 27.4 Å². The number of aromatic nitrogens is 2. The average Bonchev–Trinajstić information content (AvgIpc) is 2.99. The van der Waals surface area contributed by atoms with Crippen molar-refractivity contribution >= 4 is 44.4 Å². The lowest BCUT2D eigenvalue weighted by atomic mass is 10.1. The molecule has 1 amide bonds. The zero-order chi connectivity index (χ0) is 33.3. The zero-order valence-electron chi connectivity index (χ0n) is 23.2. The van der Waals surface area contributed by atoms with Gasteiger partial charge in [-0.15, -0.1) is 26.3 Å². The van der Waals surface area contributed by atoms with Crippen molar-refractivity contribution in [3.63, 3.8) is 0 Å². The van der Waals surface area contributed by atoms with Gasteiger partial charge in [0.2, 0.25) is 15.9 Å². The zero-order valence-corrected chi connectivity index (χ0v) is 24.8. The molecule has 1 N–H and O–H groups in total. The van der Waals surface area contributed by atoms with E-state index in [2.05, 4.69) is 24.8 Å². The summed E-state index contributed by atoms with van der Waals surface area (Å²) in [6.07, 6.45) is -8.44. The number of nitrogens with zero attached hydrogens (tertiary/aromatic N) is 4. The third-order valence-corrected chi connectivity index (χ3v) is 8.98. The van der Waals surface area contributed by atoms with Gasteiger partial charge < -0.3 is 19.7 Å². The number of nitrogens with one attached hydrogen (secondary N) is 1. The molecular weight excluding hydrogens is 668 g/mol. The summed E-state index contributed by atoms with van der Waals surface area (Å²) < 4.78 is 111. The van der Waals surface area contributed by atoms with Crippen molar-refractivity contribution in [2.45, 2.75) is 30.2 Å². The Balaban J connectivity index is 1.39. The minimum Gasteiger partial charge on any atom is -0.406 e. The van der Waals surface area contributed by atoms with E-state index in [1.165, 1.54) is 18.3 Å². The van der Waals surface area contributed by atoms with E-state index in [1.807, 2.05) is 0 Å². The number of halogens is 7. The van der Waals surface area contributed by atoms with Crippen molar-refractivity contribution in [3.8, 4) is 11.5 Å². The van der Waals surface area contributed by atoms with Crippen LogP contribution in [0.3, 0.4) is 0 Å². The van der Waals surface area contributed by atoms with Gasteiger partial charge in [-0.2, -0.15) is 4.31 Å². The van der Waals surface area contributed by atoms with Gasteiger partial charge in [-0.1, -0.05) is 29.8 Å². The Labute approximate surface area is 262 Å². The molecule has 0 unspecified atom stereocenters. The summed E-state index contributed by atoms with van der Waals surface area (Å²) in [7, 11) is -4.44. The average molecular weight is 690 g/mol. The number of alkyl halides is 6. The predicted octanol–water partition coefficient (Wildman–Crippen LogP) is 5.28. The van der Waals surface area contributed by atoms with Crippen molar-refractivity contribution in [1.29, 1.82) is 0 Å². The maximum absolute atomic E-state index is 13.7. The normalized spacial score (nSPS) is 16.3. The van der Waals surface area contributed by atoms with Gasteiger partial charge in [0.25, 0.3) is 0 Å². The topological polar surface area (TPSA) is 114 Å². The number of piperazine rings is 1. The van der Waals surface area contributed by atoms with E-state index < -0.39 is 46.2 Å². The molecule has 5 rings (SSSR count). The molecular formula is C28H22ClF6N5O5S. The molecule has 3 aromatic carbocycles. The lowest BCUT2D eigenvalue weighted by Crippen LogP contribution is -2.60. The second-order valence-electron chi connectivity index (χ2n) is 9.84. The predicted molar refractivity (Wildman–Crippen MR) is 153 cm³/mol. The van der Waals surface area contributed by atoms with Crippen LogP contribution in [0.5, 0.6) is 11.5 Å². The molecule has 1 atom stereocenters. The molecule has 1 saturated heterocycles. The number of sulfonamides is 1. The summed E-state index contributed by atoms with van der Waals surface area (Å²) in [4.78, 5) is 23.7. The highest BCUT2D eigenvalue weighted by Gasteiger charge is 2.41. The fourth-order valence-corrected chi connectivity index (χ4v) is 6.48. The van der Waals surface area contributed by atoms with Gasteiger partial charge in [-0.25, -0.2) is 18.4 Å². The van der Waals surface area contributed by atoms with Crippen LogP contribution >= 0.6 is 11.6 Å². The fraction of sp³-hybridized carbons (Fsp3) is 0.250. The van der Waals surface area contributed by atoms with Crippen LogP contribution < -0.4 is 19.7 Å². The van der Waals surface area contributed by atoms with Gasteiger partial charge in [0, 0.05) is 26.2 Å². The Morgan fingerprint density at radius 2 is 1.52 bits per heavy atom. The van der Waals surface area contributed by atoms with Gasteiger partial charge in [-0.05, 0) is 54.1 Å². The number of amides is 1. The second kappa shape index (κ2) is 12.8. The molecule has 1 aliphatic rings. The molecule has 0 bridgehead atoms. The Kier molecular flexibility index (Phi) is 9.19. The lowest BCUT2D eigenvalue weighted by Gasteiger charge is -2.40. The summed E-state index contributed by atoms with van der Waals surface area (Å²) in [5.74, 6) is -1.52. The van der Waals surface area contributed by atoms with Crippen LogP contribution in [0.25, 0.3) is 11.0 Å². The maximum atomic E-state index is 13.7. The molecule has 244 valence electrons. The van der Waals surface area contributed by atoms with Crippen LogP contribution in [0.15, 0.2) is 77.8 Å². The number of hydrogen-bond acceptors (Lipinski definition) is 8. The van der Waals surface area contributed by atoms with E-state index in [0.717, 1.165) is 40.7 Å². The fourth-order valence-electron chi connectivity index (χ4n) is 4.69. The Bertz CT molecular complexity index is 1830. The SMILES string of the molecule is O=C(NCc1ccc(OC(F)(F)F)cc1)[C@H]1CN(c2cnc3c(Cl)cccc3n2)CCN1S(=O)(=O)c1ccc(OC(F)(F)F)cc1. The molecule has 0 radical (unpaired) electrons. The molecule has 2 heterocycles. The highest BCUT2D eigenvalue weighted by molar-refractivity contribution is 7.89. The Morgan fingerprint density at radius 3 is 2.13 bits per heavy atom. The third kappa shape index (κ3) is 7.89. The smallest absolute Gasteiger partial charge is 0.406 e. The molecule has 0 spiro atoms. The van der Waals surface area contributed by atoms with Crippen LogP contribution in [0.1, 0.15) is 5.56 Å². The minimum absolute atomic E-state index is 0.0691. The molecule has 0 aliphatic carbocycles. The first kappa shape index (κ1) is 33.0. The summed E-state index contributed by atoms with van der Waals surface area (Å²) in [5, 5.41) is 2.97. The number of ether oxygens (including phenoxy) is 2. The number of carbonyl (C=O) groups is 1. The van der Waals surface area contributed by atoms with Gasteiger partial charge in [0.1, 0.15) is 28.9 Å². The van der Waals surface area contributed by atoms with Crippen LogP contribution in [0, 0.1) is 0 Å². The van der Waals surface area contributed by atoms with Crippen LogP contribution in [0.4, 0.5) is 32.2 Å². The quantitative estimate of drug-likeness (QED) is 0.249. The summed E-state index contributed by atoms with van der Waals surface area (Å²) >= 11 is 6.19. The number of benzene rings is 3. The summed E-state index contributed by atoms with van der Waals surface area (Å²) in [6, 6.07) is 11.9.